The molecule has 7 nitrogen and oxygen atoms in total. The minimum Gasteiger partial charge on any atom is -0.467 e. The molecule has 0 saturated heterocycles. The van der Waals surface area contributed by atoms with Gasteiger partial charge in [-0.1, -0.05) is 6.92 Å². The predicted molar refractivity (Wildman–Crippen MR) is 53.4 cm³/mol. The Balaban J connectivity index is 0. The number of ether oxygens (including phenoxy) is 2. The molecular weight excluding hydrogens is 220 g/mol. The van der Waals surface area contributed by atoms with Gasteiger partial charge in [0.15, 0.2) is 12.2 Å². The average molecular weight is 238 g/mol. The van der Waals surface area contributed by atoms with E-state index in [4.69, 9.17) is 15.3 Å². The lowest BCUT2D eigenvalue weighted by Gasteiger charge is -2.01. The van der Waals surface area contributed by atoms with Gasteiger partial charge >= 0.3 is 11.9 Å². The number of rotatable bonds is 4. The Kier molecular flexibility index (Phi) is 11.1. The van der Waals surface area contributed by atoms with Crippen molar-refractivity contribution in [3.8, 4) is 0 Å². The highest BCUT2D eigenvalue weighted by atomic mass is 16.5. The van der Waals surface area contributed by atoms with Gasteiger partial charge in [-0.3, -0.25) is 0 Å². The van der Waals surface area contributed by atoms with Crippen LogP contribution in [0.4, 0.5) is 0 Å². The molecule has 0 radical (unpaired) electrons. The minimum atomic E-state index is -1.39. The quantitative estimate of drug-likeness (QED) is 0.508. The third-order valence-corrected chi connectivity index (χ3v) is 1.51. The molecule has 0 rings (SSSR count). The van der Waals surface area contributed by atoms with E-state index in [9.17, 15) is 9.59 Å². The van der Waals surface area contributed by atoms with Gasteiger partial charge in [0.1, 0.15) is 0 Å². The van der Waals surface area contributed by atoms with Crippen molar-refractivity contribution >= 4 is 11.9 Å². The van der Waals surface area contributed by atoms with Crippen LogP contribution >= 0.6 is 0 Å². The summed E-state index contributed by atoms with van der Waals surface area (Å²) in [5, 5.41) is 25.1. The van der Waals surface area contributed by atoms with Crippen LogP contribution < -0.4 is 0 Å². The largest absolute Gasteiger partial charge is 0.467 e. The maximum Gasteiger partial charge on any atom is 0.337 e. The molecule has 0 amide bonds. The Morgan fingerprint density at radius 2 is 1.44 bits per heavy atom. The Bertz CT molecular complexity index is 182. The Labute approximate surface area is 93.6 Å². The zero-order valence-corrected chi connectivity index (χ0v) is 9.54. The molecule has 2 atom stereocenters. The lowest BCUT2D eigenvalue weighted by Crippen LogP contribution is -2.25. The highest BCUT2D eigenvalue weighted by molar-refractivity contribution is 5.74. The molecule has 3 N–H and O–H groups in total. The number of carbonyl (C=O) groups is 2. The molecule has 0 aromatic carbocycles. The summed E-state index contributed by atoms with van der Waals surface area (Å²) in [6.07, 6.45) is -1.92. The van der Waals surface area contributed by atoms with Crippen LogP contribution in [0.5, 0.6) is 0 Å². The van der Waals surface area contributed by atoms with E-state index in [0.29, 0.717) is 6.42 Å². The van der Waals surface area contributed by atoms with Crippen LogP contribution in [-0.2, 0) is 19.1 Å². The highest BCUT2D eigenvalue weighted by Crippen LogP contribution is 1.90. The third kappa shape index (κ3) is 8.16. The van der Waals surface area contributed by atoms with Gasteiger partial charge in [0.05, 0.1) is 20.8 Å². The van der Waals surface area contributed by atoms with Crippen LogP contribution in [-0.4, -0.2) is 60.3 Å². The lowest BCUT2D eigenvalue weighted by atomic mass is 10.3. The van der Waals surface area contributed by atoms with Crippen molar-refractivity contribution in [3.63, 3.8) is 0 Å². The first-order valence-corrected chi connectivity index (χ1v) is 4.57. The standard InChI is InChI=1S/C5H10O3.C4H8O4/c1-3-4(6)5(7)8-2;1-8-4(7)3(6)2-5/h4,6H,3H2,1-2H3;3,5-6H,2H2,1H3. The summed E-state index contributed by atoms with van der Waals surface area (Å²) in [7, 11) is 2.39. The fourth-order valence-electron chi connectivity index (χ4n) is 0.513. The van der Waals surface area contributed by atoms with E-state index in [1.54, 1.807) is 6.92 Å². The van der Waals surface area contributed by atoms with E-state index in [1.165, 1.54) is 7.11 Å². The number of carbonyl (C=O) groups excluding carboxylic acids is 2. The summed E-state index contributed by atoms with van der Waals surface area (Å²) >= 11 is 0. The first-order chi connectivity index (χ1) is 7.44. The SMILES string of the molecule is CCC(O)C(=O)OC.COC(=O)C(O)CO. The van der Waals surface area contributed by atoms with E-state index in [-0.39, 0.29) is 0 Å². The summed E-state index contributed by atoms with van der Waals surface area (Å²) in [6, 6.07) is 0. The predicted octanol–water partition coefficient (Wildman–Crippen LogP) is -1.56. The van der Waals surface area contributed by atoms with Crippen LogP contribution in [0, 0.1) is 0 Å². The van der Waals surface area contributed by atoms with Gasteiger partial charge in [-0.15, -0.1) is 0 Å². The molecular formula is C9H18O7. The van der Waals surface area contributed by atoms with Crippen molar-refractivity contribution in [1.29, 1.82) is 0 Å². The Morgan fingerprint density at radius 3 is 1.56 bits per heavy atom. The smallest absolute Gasteiger partial charge is 0.337 e. The molecule has 0 bridgehead atoms. The van der Waals surface area contributed by atoms with Crippen molar-refractivity contribution in [2.75, 3.05) is 20.8 Å². The molecule has 16 heavy (non-hydrogen) atoms. The van der Waals surface area contributed by atoms with E-state index in [0.717, 1.165) is 7.11 Å². The molecule has 0 heterocycles. The zero-order valence-electron chi connectivity index (χ0n) is 9.54. The van der Waals surface area contributed by atoms with Gasteiger partial charge in [0, 0.05) is 0 Å². The Hall–Kier alpha value is -1.18. The van der Waals surface area contributed by atoms with E-state index >= 15 is 0 Å². The van der Waals surface area contributed by atoms with Gasteiger partial charge in [0.2, 0.25) is 0 Å². The first kappa shape index (κ1) is 17.2. The number of aliphatic hydroxyl groups is 3. The van der Waals surface area contributed by atoms with Gasteiger partial charge < -0.3 is 24.8 Å². The molecule has 0 aliphatic carbocycles. The first-order valence-electron chi connectivity index (χ1n) is 4.57. The summed E-state index contributed by atoms with van der Waals surface area (Å²) in [5.41, 5.74) is 0. The van der Waals surface area contributed by atoms with Crippen molar-refractivity contribution in [2.45, 2.75) is 25.6 Å². The van der Waals surface area contributed by atoms with E-state index in [2.05, 4.69) is 9.47 Å². The average Bonchev–Trinajstić information content (AvgIpc) is 2.35. The fraction of sp³-hybridized carbons (Fsp3) is 0.778. The molecule has 0 spiro atoms. The second-order valence-corrected chi connectivity index (χ2v) is 2.67. The summed E-state index contributed by atoms with van der Waals surface area (Å²) < 4.78 is 8.27. The van der Waals surface area contributed by atoms with Crippen LogP contribution in [0.15, 0.2) is 0 Å². The highest BCUT2D eigenvalue weighted by Gasteiger charge is 2.12. The number of hydrogen-bond acceptors (Lipinski definition) is 7. The van der Waals surface area contributed by atoms with Gasteiger partial charge in [-0.05, 0) is 6.42 Å². The molecule has 0 aliphatic rings. The topological polar surface area (TPSA) is 113 Å². The van der Waals surface area contributed by atoms with Gasteiger partial charge in [0.25, 0.3) is 0 Å². The fourth-order valence-corrected chi connectivity index (χ4v) is 0.513. The van der Waals surface area contributed by atoms with E-state index in [1.807, 2.05) is 0 Å². The summed E-state index contributed by atoms with van der Waals surface area (Å²) in [5.74, 6) is -1.38. The van der Waals surface area contributed by atoms with Gasteiger partial charge in [-0.2, -0.15) is 0 Å². The van der Waals surface area contributed by atoms with Gasteiger partial charge in [-0.25, -0.2) is 9.59 Å². The number of aliphatic hydroxyl groups excluding tert-OH is 3. The summed E-state index contributed by atoms with van der Waals surface area (Å²) in [6.45, 7) is 1.12. The molecule has 0 saturated carbocycles. The van der Waals surface area contributed by atoms with Crippen molar-refractivity contribution in [3.05, 3.63) is 0 Å². The molecule has 0 aliphatic heterocycles. The number of hydrogen-bond donors (Lipinski definition) is 3. The lowest BCUT2D eigenvalue weighted by molar-refractivity contribution is -0.152. The zero-order chi connectivity index (χ0) is 13.1. The van der Waals surface area contributed by atoms with Crippen molar-refractivity contribution < 1.29 is 34.4 Å². The van der Waals surface area contributed by atoms with Crippen LogP contribution in [0.3, 0.4) is 0 Å². The normalized spacial score (nSPS) is 12.9. The maximum absolute atomic E-state index is 10.3. The molecule has 0 aromatic rings. The van der Waals surface area contributed by atoms with Crippen molar-refractivity contribution in [2.24, 2.45) is 0 Å². The third-order valence-electron chi connectivity index (χ3n) is 1.51. The monoisotopic (exact) mass is 238 g/mol. The molecule has 0 aromatic heterocycles. The molecule has 0 fully saturated rings. The Morgan fingerprint density at radius 1 is 1.06 bits per heavy atom. The van der Waals surface area contributed by atoms with E-state index < -0.39 is 30.8 Å². The number of esters is 2. The second kappa shape index (κ2) is 10.3. The van der Waals surface area contributed by atoms with Crippen LogP contribution in [0.1, 0.15) is 13.3 Å². The minimum absolute atomic E-state index is 0.409. The maximum atomic E-state index is 10.3. The van der Waals surface area contributed by atoms with Crippen molar-refractivity contribution in [1.82, 2.24) is 0 Å². The number of methoxy groups -OCH3 is 2. The molecule has 96 valence electrons. The molecule has 7 heteroatoms. The summed E-state index contributed by atoms with van der Waals surface area (Å²) in [4.78, 5) is 20.4. The van der Waals surface area contributed by atoms with Crippen LogP contribution in [0.2, 0.25) is 0 Å². The van der Waals surface area contributed by atoms with Crippen LogP contribution in [0.25, 0.3) is 0 Å². The molecule has 2 unspecified atom stereocenters. The second-order valence-electron chi connectivity index (χ2n) is 2.67.